The molecule has 3 heteroatoms. The summed E-state index contributed by atoms with van der Waals surface area (Å²) in [4.78, 5) is 0. The van der Waals surface area contributed by atoms with Crippen molar-refractivity contribution in [2.75, 3.05) is 0 Å². The maximum Gasteiger partial charge on any atom is 0.180 e. The van der Waals surface area contributed by atoms with E-state index in [9.17, 15) is 5.11 Å². The number of terminal acetylenes is 1. The van der Waals surface area contributed by atoms with Crippen molar-refractivity contribution in [1.29, 1.82) is 0 Å². The molecule has 0 fully saturated rings. The monoisotopic (exact) mass is 352 g/mol. The molecule has 0 aliphatic carbocycles. The van der Waals surface area contributed by atoms with Crippen LogP contribution < -0.4 is 9.47 Å². The SMILES string of the molecule is C#CC(O)(c1ccccc1)c1ccc(OC(C)CC)cc1OC(C)CC. The fourth-order valence-electron chi connectivity index (χ4n) is 2.58. The summed E-state index contributed by atoms with van der Waals surface area (Å²) in [7, 11) is 0. The van der Waals surface area contributed by atoms with Crippen LogP contribution >= 0.6 is 0 Å². The molecule has 26 heavy (non-hydrogen) atoms. The lowest BCUT2D eigenvalue weighted by atomic mass is 9.86. The van der Waals surface area contributed by atoms with Crippen LogP contribution in [0, 0.1) is 12.3 Å². The van der Waals surface area contributed by atoms with E-state index < -0.39 is 5.60 Å². The lowest BCUT2D eigenvalue weighted by Crippen LogP contribution is -2.27. The highest BCUT2D eigenvalue weighted by Crippen LogP contribution is 2.38. The Morgan fingerprint density at radius 1 is 1.00 bits per heavy atom. The van der Waals surface area contributed by atoms with E-state index in [0.717, 1.165) is 12.8 Å². The highest BCUT2D eigenvalue weighted by Gasteiger charge is 2.33. The van der Waals surface area contributed by atoms with Crippen LogP contribution in [-0.2, 0) is 5.60 Å². The van der Waals surface area contributed by atoms with Gasteiger partial charge in [-0.1, -0.05) is 50.1 Å². The molecule has 0 bridgehead atoms. The molecule has 3 nitrogen and oxygen atoms in total. The third kappa shape index (κ3) is 4.39. The van der Waals surface area contributed by atoms with Crippen LogP contribution in [0.5, 0.6) is 11.5 Å². The Labute approximate surface area is 157 Å². The van der Waals surface area contributed by atoms with Crippen molar-refractivity contribution in [3.8, 4) is 23.8 Å². The predicted octanol–water partition coefficient (Wildman–Crippen LogP) is 4.91. The van der Waals surface area contributed by atoms with Crippen LogP contribution in [-0.4, -0.2) is 17.3 Å². The van der Waals surface area contributed by atoms with Gasteiger partial charge in [-0.05, 0) is 38.8 Å². The molecule has 3 unspecified atom stereocenters. The van der Waals surface area contributed by atoms with Gasteiger partial charge in [0.15, 0.2) is 5.60 Å². The molecule has 0 aliphatic heterocycles. The molecule has 1 N–H and O–H groups in total. The van der Waals surface area contributed by atoms with Gasteiger partial charge in [0.05, 0.1) is 12.2 Å². The maximum atomic E-state index is 11.3. The first-order chi connectivity index (χ1) is 12.4. The molecule has 3 atom stereocenters. The molecule has 0 saturated heterocycles. The van der Waals surface area contributed by atoms with Crippen molar-refractivity contribution in [3.63, 3.8) is 0 Å². The quantitative estimate of drug-likeness (QED) is 0.686. The molecule has 0 amide bonds. The van der Waals surface area contributed by atoms with E-state index in [1.807, 2.05) is 56.3 Å². The topological polar surface area (TPSA) is 38.7 Å². The average Bonchev–Trinajstić information content (AvgIpc) is 2.68. The lowest BCUT2D eigenvalue weighted by Gasteiger charge is -2.27. The zero-order chi connectivity index (χ0) is 19.2. The van der Waals surface area contributed by atoms with Crippen molar-refractivity contribution in [1.82, 2.24) is 0 Å². The van der Waals surface area contributed by atoms with E-state index in [0.29, 0.717) is 22.6 Å². The molecule has 0 aliphatic rings. The van der Waals surface area contributed by atoms with Gasteiger partial charge in [-0.2, -0.15) is 0 Å². The Balaban J connectivity index is 2.53. The number of benzene rings is 2. The van der Waals surface area contributed by atoms with E-state index in [-0.39, 0.29) is 12.2 Å². The summed E-state index contributed by atoms with van der Waals surface area (Å²) in [5.74, 6) is 3.80. The summed E-state index contributed by atoms with van der Waals surface area (Å²) in [6.07, 6.45) is 7.59. The zero-order valence-electron chi connectivity index (χ0n) is 16.0. The van der Waals surface area contributed by atoms with Gasteiger partial charge in [0.1, 0.15) is 11.5 Å². The number of aliphatic hydroxyl groups is 1. The van der Waals surface area contributed by atoms with Gasteiger partial charge >= 0.3 is 0 Å². The molecular formula is C23H28O3. The third-order valence-corrected chi connectivity index (χ3v) is 4.56. The van der Waals surface area contributed by atoms with Crippen LogP contribution in [0.2, 0.25) is 0 Å². The largest absolute Gasteiger partial charge is 0.491 e. The van der Waals surface area contributed by atoms with E-state index >= 15 is 0 Å². The Kier molecular flexibility index (Phi) is 6.71. The second kappa shape index (κ2) is 8.78. The highest BCUT2D eigenvalue weighted by molar-refractivity contribution is 5.52. The van der Waals surface area contributed by atoms with Crippen molar-refractivity contribution in [2.45, 2.75) is 58.3 Å². The van der Waals surface area contributed by atoms with Gasteiger partial charge in [-0.25, -0.2) is 0 Å². The van der Waals surface area contributed by atoms with Crippen LogP contribution in [0.25, 0.3) is 0 Å². The molecule has 138 valence electrons. The van der Waals surface area contributed by atoms with Gasteiger partial charge in [-0.15, -0.1) is 6.42 Å². The summed E-state index contributed by atoms with van der Waals surface area (Å²) >= 11 is 0. The Morgan fingerprint density at radius 3 is 2.19 bits per heavy atom. The summed E-state index contributed by atoms with van der Waals surface area (Å²) < 4.78 is 12.0. The minimum absolute atomic E-state index is 0.00889. The van der Waals surface area contributed by atoms with Crippen LogP contribution in [0.4, 0.5) is 0 Å². The molecular weight excluding hydrogens is 324 g/mol. The highest BCUT2D eigenvalue weighted by atomic mass is 16.5. The molecule has 0 spiro atoms. The van der Waals surface area contributed by atoms with Crippen molar-refractivity contribution < 1.29 is 14.6 Å². The van der Waals surface area contributed by atoms with Crippen LogP contribution in [0.15, 0.2) is 48.5 Å². The van der Waals surface area contributed by atoms with E-state index in [4.69, 9.17) is 15.9 Å². The Hall–Kier alpha value is -2.44. The van der Waals surface area contributed by atoms with Gasteiger partial charge in [0.2, 0.25) is 0 Å². The van der Waals surface area contributed by atoms with Crippen molar-refractivity contribution in [2.24, 2.45) is 0 Å². The Bertz CT molecular complexity index is 748. The number of rotatable bonds is 8. The molecule has 0 heterocycles. The minimum atomic E-state index is -1.57. The summed E-state index contributed by atoms with van der Waals surface area (Å²) in [6, 6.07) is 14.7. The van der Waals surface area contributed by atoms with Crippen molar-refractivity contribution in [3.05, 3.63) is 59.7 Å². The van der Waals surface area contributed by atoms with E-state index in [1.54, 1.807) is 6.07 Å². The first kappa shape index (κ1) is 19.9. The first-order valence-electron chi connectivity index (χ1n) is 9.18. The average molecular weight is 352 g/mol. The predicted molar refractivity (Wildman–Crippen MR) is 105 cm³/mol. The number of ether oxygens (including phenoxy) is 2. The number of hydrogen-bond donors (Lipinski definition) is 1. The second-order valence-corrected chi connectivity index (χ2v) is 6.55. The number of hydrogen-bond acceptors (Lipinski definition) is 3. The minimum Gasteiger partial charge on any atom is -0.491 e. The summed E-state index contributed by atoms with van der Waals surface area (Å²) in [5.41, 5.74) is -0.394. The van der Waals surface area contributed by atoms with Gasteiger partial charge < -0.3 is 14.6 Å². The smallest absolute Gasteiger partial charge is 0.180 e. The summed E-state index contributed by atoms with van der Waals surface area (Å²) in [6.45, 7) is 8.13. The fourth-order valence-corrected chi connectivity index (χ4v) is 2.58. The fraction of sp³-hybridized carbons (Fsp3) is 0.391. The third-order valence-electron chi connectivity index (χ3n) is 4.56. The molecule has 0 radical (unpaired) electrons. The molecule has 2 aromatic carbocycles. The first-order valence-corrected chi connectivity index (χ1v) is 9.18. The normalized spacial score (nSPS) is 15.4. The standard InChI is InChI=1S/C23H28O3/c1-6-17(4)25-20-14-15-21(22(16-20)26-18(5)7-2)23(24,8-3)19-12-10-9-11-13-19/h3,9-18,24H,6-7H2,1-2,4-5H3. The van der Waals surface area contributed by atoms with E-state index in [1.165, 1.54) is 0 Å². The van der Waals surface area contributed by atoms with Crippen LogP contribution in [0.1, 0.15) is 51.7 Å². The van der Waals surface area contributed by atoms with Crippen LogP contribution in [0.3, 0.4) is 0 Å². The molecule has 0 aromatic heterocycles. The Morgan fingerprint density at radius 2 is 1.62 bits per heavy atom. The molecule has 2 aromatic rings. The van der Waals surface area contributed by atoms with Gasteiger partial charge in [0.25, 0.3) is 0 Å². The van der Waals surface area contributed by atoms with Crippen molar-refractivity contribution >= 4 is 0 Å². The van der Waals surface area contributed by atoms with Gasteiger partial charge in [-0.3, -0.25) is 0 Å². The maximum absolute atomic E-state index is 11.3. The molecule has 2 rings (SSSR count). The van der Waals surface area contributed by atoms with Gasteiger partial charge in [0, 0.05) is 17.2 Å². The molecule has 0 saturated carbocycles. The lowest BCUT2D eigenvalue weighted by molar-refractivity contribution is 0.133. The second-order valence-electron chi connectivity index (χ2n) is 6.55. The van der Waals surface area contributed by atoms with E-state index in [2.05, 4.69) is 19.8 Å². The summed E-state index contributed by atoms with van der Waals surface area (Å²) in [5, 5.41) is 11.3. The zero-order valence-corrected chi connectivity index (χ0v) is 16.0.